The van der Waals surface area contributed by atoms with Gasteiger partial charge >= 0.3 is 5.97 Å². The number of nitriles is 1. The number of anilines is 2. The summed E-state index contributed by atoms with van der Waals surface area (Å²) in [6.07, 6.45) is -0.669. The molecule has 12 heteroatoms. The number of fused-ring (bicyclic) bond motifs is 1. The van der Waals surface area contributed by atoms with E-state index in [-0.39, 0.29) is 53.7 Å². The molecule has 1 saturated heterocycles. The van der Waals surface area contributed by atoms with Crippen LogP contribution in [0, 0.1) is 11.3 Å². The number of pyridine rings is 1. The third-order valence-electron chi connectivity index (χ3n) is 6.17. The van der Waals surface area contributed by atoms with Crippen molar-refractivity contribution in [3.8, 4) is 6.07 Å². The second-order valence-electron chi connectivity index (χ2n) is 8.58. The maximum absolute atomic E-state index is 13.7. The van der Waals surface area contributed by atoms with Crippen LogP contribution in [0.1, 0.15) is 47.4 Å². The minimum atomic E-state index is -2.75. The van der Waals surface area contributed by atoms with Crippen LogP contribution < -0.4 is 15.8 Å². The first-order valence-corrected chi connectivity index (χ1v) is 11.5. The van der Waals surface area contributed by atoms with Crippen LogP contribution in [-0.4, -0.2) is 46.6 Å². The Kier molecular flexibility index (Phi) is 6.82. The summed E-state index contributed by atoms with van der Waals surface area (Å²) in [5.74, 6) is -3.18. The lowest BCUT2D eigenvalue weighted by Crippen LogP contribution is -2.42. The zero-order valence-corrected chi connectivity index (χ0v) is 20.6. The lowest BCUT2D eigenvalue weighted by atomic mass is 10.0. The number of hydrogen-bond acceptors (Lipinski definition) is 8. The summed E-state index contributed by atoms with van der Waals surface area (Å²) in [7, 11) is 2.75. The van der Waals surface area contributed by atoms with E-state index in [1.165, 1.54) is 30.9 Å². The second kappa shape index (κ2) is 9.70. The average Bonchev–Trinajstić information content (AvgIpc) is 2.86. The molecule has 0 unspecified atom stereocenters. The fourth-order valence-corrected chi connectivity index (χ4v) is 4.37. The Balaban J connectivity index is 1.82. The Morgan fingerprint density at radius 1 is 1.28 bits per heavy atom. The minimum absolute atomic E-state index is 0.0311. The number of alkyl halides is 2. The first-order valence-electron chi connectivity index (χ1n) is 11.1. The van der Waals surface area contributed by atoms with Gasteiger partial charge in [0, 0.05) is 38.5 Å². The number of aromatic nitrogens is 3. The van der Waals surface area contributed by atoms with Gasteiger partial charge in [0.25, 0.3) is 11.5 Å². The molecular formula is C24H23ClF2N6O3. The predicted octanol–water partition coefficient (Wildman–Crippen LogP) is 4.05. The van der Waals surface area contributed by atoms with Crippen LogP contribution >= 0.6 is 11.6 Å². The van der Waals surface area contributed by atoms with Gasteiger partial charge in [-0.1, -0.05) is 11.6 Å². The highest BCUT2D eigenvalue weighted by Gasteiger charge is 2.35. The minimum Gasteiger partial charge on any atom is -0.464 e. The molecule has 1 fully saturated rings. The van der Waals surface area contributed by atoms with Gasteiger partial charge < -0.3 is 15.0 Å². The number of benzene rings is 1. The summed E-state index contributed by atoms with van der Waals surface area (Å²) in [5, 5.41) is 13.1. The second-order valence-corrected chi connectivity index (χ2v) is 8.97. The molecule has 1 aromatic carbocycles. The third kappa shape index (κ3) is 4.81. The Morgan fingerprint density at radius 3 is 2.61 bits per heavy atom. The number of methoxy groups -OCH3 is 1. The van der Waals surface area contributed by atoms with Gasteiger partial charge in [0.05, 0.1) is 41.4 Å². The van der Waals surface area contributed by atoms with E-state index in [0.717, 1.165) is 0 Å². The maximum atomic E-state index is 13.7. The van der Waals surface area contributed by atoms with Crippen LogP contribution in [0.5, 0.6) is 0 Å². The lowest BCUT2D eigenvalue weighted by molar-refractivity contribution is -0.0223. The van der Waals surface area contributed by atoms with Gasteiger partial charge in [0.15, 0.2) is 5.69 Å². The molecule has 2 aromatic heterocycles. The van der Waals surface area contributed by atoms with Crippen molar-refractivity contribution in [3.05, 3.63) is 56.6 Å². The number of ether oxygens (including phenoxy) is 1. The van der Waals surface area contributed by atoms with Crippen molar-refractivity contribution in [1.29, 1.82) is 5.26 Å². The molecule has 0 saturated carbocycles. The van der Waals surface area contributed by atoms with Gasteiger partial charge in [-0.3, -0.25) is 9.36 Å². The number of rotatable bonds is 5. The molecule has 36 heavy (non-hydrogen) atoms. The number of esters is 1. The standard InChI is InChI=1S/C24H23ClF2N6O3/c1-13(29-17-4-5-18(25)30-20(17)22(35)36-3)15-10-14(12-28)11-16-19(15)31-23(32(2)21(16)34)33-8-6-24(26,27)7-9-33/h4-5,10-11,13,29H,6-9H2,1-3H3/t13-/m1/s1. The molecule has 1 N–H and O–H groups in total. The van der Waals surface area contributed by atoms with Crippen LogP contribution in [0.2, 0.25) is 5.15 Å². The number of hydrogen-bond donors (Lipinski definition) is 1. The molecule has 0 amide bonds. The van der Waals surface area contributed by atoms with Crippen LogP contribution in [0.25, 0.3) is 10.9 Å². The van der Waals surface area contributed by atoms with E-state index in [2.05, 4.69) is 16.4 Å². The van der Waals surface area contributed by atoms with Crippen molar-refractivity contribution < 1.29 is 18.3 Å². The van der Waals surface area contributed by atoms with Gasteiger partial charge in [-0.2, -0.15) is 5.26 Å². The van der Waals surface area contributed by atoms with Crippen molar-refractivity contribution in [1.82, 2.24) is 14.5 Å². The van der Waals surface area contributed by atoms with Crippen LogP contribution in [0.15, 0.2) is 29.1 Å². The Bertz CT molecular complexity index is 1440. The van der Waals surface area contributed by atoms with Gasteiger partial charge in [0.1, 0.15) is 5.15 Å². The average molecular weight is 517 g/mol. The molecule has 1 aliphatic heterocycles. The summed E-state index contributed by atoms with van der Waals surface area (Å²) >= 11 is 5.95. The van der Waals surface area contributed by atoms with Crippen LogP contribution in [0.4, 0.5) is 20.4 Å². The molecule has 188 valence electrons. The Morgan fingerprint density at radius 2 is 1.97 bits per heavy atom. The first-order chi connectivity index (χ1) is 17.0. The molecule has 0 bridgehead atoms. The van der Waals surface area contributed by atoms with Gasteiger partial charge in [-0.25, -0.2) is 23.5 Å². The molecule has 3 aromatic rings. The summed E-state index contributed by atoms with van der Waals surface area (Å²) in [4.78, 5) is 35.9. The van der Waals surface area contributed by atoms with E-state index < -0.39 is 23.5 Å². The third-order valence-corrected chi connectivity index (χ3v) is 6.38. The number of nitrogens with zero attached hydrogens (tertiary/aromatic N) is 5. The molecule has 9 nitrogen and oxygen atoms in total. The molecule has 4 rings (SSSR count). The lowest BCUT2D eigenvalue weighted by Gasteiger charge is -2.33. The molecular weight excluding hydrogens is 494 g/mol. The zero-order valence-electron chi connectivity index (χ0n) is 19.8. The molecule has 0 radical (unpaired) electrons. The monoisotopic (exact) mass is 516 g/mol. The Labute approximate surface area is 210 Å². The summed E-state index contributed by atoms with van der Waals surface area (Å²) in [5.41, 5.74) is 0.981. The van der Waals surface area contributed by atoms with E-state index in [1.807, 2.05) is 0 Å². The van der Waals surface area contributed by atoms with Crippen molar-refractivity contribution in [2.75, 3.05) is 30.4 Å². The van der Waals surface area contributed by atoms with Crippen molar-refractivity contribution in [2.24, 2.45) is 7.05 Å². The highest BCUT2D eigenvalue weighted by atomic mass is 35.5. The van der Waals surface area contributed by atoms with E-state index in [4.69, 9.17) is 21.3 Å². The highest BCUT2D eigenvalue weighted by Crippen LogP contribution is 2.32. The summed E-state index contributed by atoms with van der Waals surface area (Å²) in [6.45, 7) is 1.88. The number of nitrogens with one attached hydrogen (secondary N) is 1. The first kappa shape index (κ1) is 25.3. The zero-order chi connectivity index (χ0) is 26.2. The number of piperidine rings is 1. The predicted molar refractivity (Wildman–Crippen MR) is 131 cm³/mol. The molecule has 0 spiro atoms. The number of carbonyl (C=O) groups is 1. The number of halogens is 3. The van der Waals surface area contributed by atoms with E-state index in [1.54, 1.807) is 24.0 Å². The highest BCUT2D eigenvalue weighted by molar-refractivity contribution is 6.29. The molecule has 1 atom stereocenters. The normalized spacial score (nSPS) is 15.9. The topological polar surface area (TPSA) is 113 Å². The summed E-state index contributed by atoms with van der Waals surface area (Å²) < 4.78 is 33.6. The van der Waals surface area contributed by atoms with Gasteiger partial charge in [0.2, 0.25) is 5.95 Å². The largest absolute Gasteiger partial charge is 0.464 e. The quantitative estimate of drug-likeness (QED) is 0.399. The maximum Gasteiger partial charge on any atom is 0.358 e. The molecule has 1 aliphatic rings. The molecule has 3 heterocycles. The SMILES string of the molecule is COC(=O)c1nc(Cl)ccc1N[C@H](C)c1cc(C#N)cc2c(=O)n(C)c(N3CCC(F)(F)CC3)nc12. The van der Waals surface area contributed by atoms with Crippen LogP contribution in [-0.2, 0) is 11.8 Å². The fraction of sp³-hybridized carbons (Fsp3) is 0.375. The van der Waals surface area contributed by atoms with Gasteiger partial charge in [-0.15, -0.1) is 0 Å². The fourth-order valence-electron chi connectivity index (χ4n) is 4.22. The van der Waals surface area contributed by atoms with Crippen molar-refractivity contribution in [2.45, 2.75) is 31.7 Å². The van der Waals surface area contributed by atoms with Crippen molar-refractivity contribution >= 4 is 40.1 Å². The number of carbonyl (C=O) groups excluding carboxylic acids is 1. The smallest absolute Gasteiger partial charge is 0.358 e. The Hall–Kier alpha value is -3.78. The van der Waals surface area contributed by atoms with E-state index >= 15 is 0 Å². The van der Waals surface area contributed by atoms with Crippen molar-refractivity contribution in [3.63, 3.8) is 0 Å². The van der Waals surface area contributed by atoms with Gasteiger partial charge in [-0.05, 0) is 31.2 Å². The summed E-state index contributed by atoms with van der Waals surface area (Å²) in [6, 6.07) is 7.64. The van der Waals surface area contributed by atoms with Crippen LogP contribution in [0.3, 0.4) is 0 Å². The van der Waals surface area contributed by atoms with E-state index in [0.29, 0.717) is 16.8 Å². The molecule has 0 aliphatic carbocycles. The van der Waals surface area contributed by atoms with E-state index in [9.17, 15) is 23.6 Å².